The number of hydrogen-bond donors (Lipinski definition) is 2. The molecule has 0 saturated heterocycles. The van der Waals surface area contributed by atoms with Gasteiger partial charge in [0.25, 0.3) is 0 Å². The van der Waals surface area contributed by atoms with Crippen LogP contribution in [0.1, 0.15) is 0 Å². The van der Waals surface area contributed by atoms with Crippen LogP contribution in [0.5, 0.6) is 0 Å². The van der Waals surface area contributed by atoms with Crippen molar-refractivity contribution in [3.63, 3.8) is 0 Å². The molecule has 2 N–H and O–H groups in total. The highest BCUT2D eigenvalue weighted by Gasteiger charge is 2.09. The number of rotatable bonds is 3. The maximum atomic E-state index is 11.4. The summed E-state index contributed by atoms with van der Waals surface area (Å²) in [7, 11) is -3.31. The Morgan fingerprint density at radius 1 is 1.15 bits per heavy atom. The Balaban J connectivity index is 2.13. The third kappa shape index (κ3) is 2.50. The number of aromatic nitrogens is 2. The second-order valence-electron chi connectivity index (χ2n) is 4.55. The molecule has 3 rings (SSSR count). The van der Waals surface area contributed by atoms with Crippen LogP contribution in [-0.2, 0) is 10.0 Å². The number of hydrogen-bond acceptors (Lipinski definition) is 3. The molecular formula is C14H13N3O2S. The van der Waals surface area contributed by atoms with Crippen molar-refractivity contribution in [3.8, 4) is 11.1 Å². The quantitative estimate of drug-likeness (QED) is 0.777. The van der Waals surface area contributed by atoms with Crippen molar-refractivity contribution in [2.75, 3.05) is 11.0 Å². The monoisotopic (exact) mass is 287 g/mol. The predicted octanol–water partition coefficient (Wildman–Crippen LogP) is 2.60. The van der Waals surface area contributed by atoms with Crippen molar-refractivity contribution in [1.29, 1.82) is 0 Å². The van der Waals surface area contributed by atoms with Gasteiger partial charge in [0.05, 0.1) is 29.3 Å². The average molecular weight is 287 g/mol. The first-order chi connectivity index (χ1) is 9.53. The molecule has 0 unspecified atom stereocenters. The number of benzene rings is 2. The molecule has 1 aromatic heterocycles. The lowest BCUT2D eigenvalue weighted by Crippen LogP contribution is -2.10. The summed E-state index contributed by atoms with van der Waals surface area (Å²) < 4.78 is 25.4. The maximum Gasteiger partial charge on any atom is 0.229 e. The topological polar surface area (TPSA) is 74.8 Å². The largest absolute Gasteiger partial charge is 0.345 e. The van der Waals surface area contributed by atoms with Crippen molar-refractivity contribution in [3.05, 3.63) is 48.8 Å². The van der Waals surface area contributed by atoms with E-state index in [0.29, 0.717) is 5.69 Å². The molecule has 3 aromatic rings. The van der Waals surface area contributed by atoms with Crippen LogP contribution in [0.25, 0.3) is 22.2 Å². The van der Waals surface area contributed by atoms with Crippen LogP contribution in [0.2, 0.25) is 0 Å². The molecule has 0 radical (unpaired) electrons. The van der Waals surface area contributed by atoms with Gasteiger partial charge in [-0.05, 0) is 23.8 Å². The number of H-pyrrole nitrogens is 1. The van der Waals surface area contributed by atoms with Gasteiger partial charge in [-0.2, -0.15) is 0 Å². The Kier molecular flexibility index (Phi) is 2.94. The molecule has 5 nitrogen and oxygen atoms in total. The molecule has 102 valence electrons. The van der Waals surface area contributed by atoms with E-state index in [-0.39, 0.29) is 0 Å². The molecule has 0 amide bonds. The SMILES string of the molecule is CS(=O)(=O)Nc1ccccc1-c1ccc2nc[nH]c2c1. The van der Waals surface area contributed by atoms with E-state index in [1.165, 1.54) is 0 Å². The average Bonchev–Trinajstić information content (AvgIpc) is 2.84. The lowest BCUT2D eigenvalue weighted by Gasteiger charge is -2.10. The van der Waals surface area contributed by atoms with Crippen LogP contribution < -0.4 is 4.72 Å². The normalized spacial score (nSPS) is 11.7. The van der Waals surface area contributed by atoms with E-state index in [2.05, 4.69) is 14.7 Å². The van der Waals surface area contributed by atoms with Crippen molar-refractivity contribution in [2.24, 2.45) is 0 Å². The minimum atomic E-state index is -3.31. The zero-order valence-electron chi connectivity index (χ0n) is 10.8. The molecule has 20 heavy (non-hydrogen) atoms. The van der Waals surface area contributed by atoms with Gasteiger partial charge in [-0.1, -0.05) is 24.3 Å². The number of sulfonamides is 1. The first kappa shape index (κ1) is 12.7. The number of para-hydroxylation sites is 1. The Morgan fingerprint density at radius 2 is 1.95 bits per heavy atom. The van der Waals surface area contributed by atoms with E-state index in [0.717, 1.165) is 28.4 Å². The molecule has 0 atom stereocenters. The fraction of sp³-hybridized carbons (Fsp3) is 0.0714. The molecule has 0 bridgehead atoms. The molecule has 6 heteroatoms. The molecule has 0 fully saturated rings. The van der Waals surface area contributed by atoms with Crippen molar-refractivity contribution >= 4 is 26.7 Å². The molecular weight excluding hydrogens is 274 g/mol. The highest BCUT2D eigenvalue weighted by atomic mass is 32.2. The smallest absolute Gasteiger partial charge is 0.229 e. The van der Waals surface area contributed by atoms with Gasteiger partial charge in [0.1, 0.15) is 0 Å². The molecule has 1 heterocycles. The van der Waals surface area contributed by atoms with E-state index >= 15 is 0 Å². The summed E-state index contributed by atoms with van der Waals surface area (Å²) in [5.41, 5.74) is 4.11. The Hall–Kier alpha value is -2.34. The molecule has 0 spiro atoms. The second-order valence-corrected chi connectivity index (χ2v) is 6.30. The first-order valence-corrected chi connectivity index (χ1v) is 7.92. The summed E-state index contributed by atoms with van der Waals surface area (Å²) in [4.78, 5) is 7.22. The molecule has 0 aliphatic rings. The van der Waals surface area contributed by atoms with Gasteiger partial charge in [0, 0.05) is 5.56 Å². The van der Waals surface area contributed by atoms with Gasteiger partial charge < -0.3 is 4.98 Å². The molecule has 0 saturated carbocycles. The molecule has 0 aliphatic carbocycles. The number of nitrogens with one attached hydrogen (secondary N) is 2. The molecule has 2 aromatic carbocycles. The lowest BCUT2D eigenvalue weighted by atomic mass is 10.0. The number of aromatic amines is 1. The van der Waals surface area contributed by atoms with E-state index in [9.17, 15) is 8.42 Å². The summed E-state index contributed by atoms with van der Waals surface area (Å²) >= 11 is 0. The van der Waals surface area contributed by atoms with Crippen LogP contribution >= 0.6 is 0 Å². The van der Waals surface area contributed by atoms with E-state index in [1.54, 1.807) is 18.5 Å². The van der Waals surface area contributed by atoms with Gasteiger partial charge in [0.15, 0.2) is 0 Å². The third-order valence-electron chi connectivity index (χ3n) is 2.95. The highest BCUT2D eigenvalue weighted by Crippen LogP contribution is 2.29. The predicted molar refractivity (Wildman–Crippen MR) is 80.0 cm³/mol. The summed E-state index contributed by atoms with van der Waals surface area (Å²) in [5, 5.41) is 0. The number of nitrogens with zero attached hydrogens (tertiary/aromatic N) is 1. The Labute approximate surface area is 116 Å². The Morgan fingerprint density at radius 3 is 2.75 bits per heavy atom. The van der Waals surface area contributed by atoms with E-state index < -0.39 is 10.0 Å². The van der Waals surface area contributed by atoms with Crippen molar-refractivity contribution < 1.29 is 8.42 Å². The minimum Gasteiger partial charge on any atom is -0.345 e. The fourth-order valence-corrected chi connectivity index (χ4v) is 2.70. The Bertz CT molecular complexity index is 869. The molecule has 0 aliphatic heterocycles. The number of fused-ring (bicyclic) bond motifs is 1. The minimum absolute atomic E-state index is 0.564. The van der Waals surface area contributed by atoms with Gasteiger partial charge in [-0.15, -0.1) is 0 Å². The van der Waals surface area contributed by atoms with Crippen LogP contribution in [0.4, 0.5) is 5.69 Å². The van der Waals surface area contributed by atoms with Gasteiger partial charge in [-0.3, -0.25) is 4.72 Å². The van der Waals surface area contributed by atoms with Crippen LogP contribution in [0.15, 0.2) is 48.8 Å². The lowest BCUT2D eigenvalue weighted by molar-refractivity contribution is 0.607. The maximum absolute atomic E-state index is 11.4. The van der Waals surface area contributed by atoms with Crippen molar-refractivity contribution in [2.45, 2.75) is 0 Å². The van der Waals surface area contributed by atoms with E-state index in [4.69, 9.17) is 0 Å². The van der Waals surface area contributed by atoms with Gasteiger partial charge in [0.2, 0.25) is 10.0 Å². The number of imidazole rings is 1. The van der Waals surface area contributed by atoms with Crippen LogP contribution in [0, 0.1) is 0 Å². The standard InChI is InChI=1S/C14H13N3O2S/c1-20(18,19)17-12-5-3-2-4-11(12)10-6-7-13-14(8-10)16-9-15-13/h2-9,17H,1H3,(H,15,16). The summed E-state index contributed by atoms with van der Waals surface area (Å²) in [6.45, 7) is 0. The van der Waals surface area contributed by atoms with Crippen LogP contribution in [-0.4, -0.2) is 24.6 Å². The summed E-state index contributed by atoms with van der Waals surface area (Å²) in [5.74, 6) is 0. The first-order valence-electron chi connectivity index (χ1n) is 6.03. The zero-order valence-corrected chi connectivity index (χ0v) is 11.6. The zero-order chi connectivity index (χ0) is 14.2. The highest BCUT2D eigenvalue weighted by molar-refractivity contribution is 7.92. The van der Waals surface area contributed by atoms with E-state index in [1.807, 2.05) is 30.3 Å². The van der Waals surface area contributed by atoms with Crippen molar-refractivity contribution in [1.82, 2.24) is 9.97 Å². The second kappa shape index (κ2) is 4.64. The van der Waals surface area contributed by atoms with Gasteiger partial charge in [-0.25, -0.2) is 13.4 Å². The van der Waals surface area contributed by atoms with Crippen LogP contribution in [0.3, 0.4) is 0 Å². The number of anilines is 1. The summed E-state index contributed by atoms with van der Waals surface area (Å²) in [6, 6.07) is 13.1. The fourth-order valence-electron chi connectivity index (χ4n) is 2.13. The summed E-state index contributed by atoms with van der Waals surface area (Å²) in [6.07, 6.45) is 2.77. The third-order valence-corrected chi connectivity index (χ3v) is 3.54. The van der Waals surface area contributed by atoms with Gasteiger partial charge >= 0.3 is 0 Å².